The number of H-pyrrole nitrogens is 1. The average molecular weight is 361 g/mol. The van der Waals surface area contributed by atoms with E-state index < -0.39 is 0 Å². The molecular formula is C20H28FN3O2. The first kappa shape index (κ1) is 17.7. The van der Waals surface area contributed by atoms with Gasteiger partial charge in [-0.3, -0.25) is 4.57 Å². The number of fused-ring (bicyclic) bond motifs is 1. The van der Waals surface area contributed by atoms with E-state index in [1.54, 1.807) is 13.0 Å². The molecule has 1 aromatic carbocycles. The van der Waals surface area contributed by atoms with Crippen LogP contribution >= 0.6 is 0 Å². The smallest absolute Gasteiger partial charge is 0.326 e. The fourth-order valence-corrected chi connectivity index (χ4v) is 4.77. The molecule has 1 saturated heterocycles. The third-order valence-electron chi connectivity index (χ3n) is 6.35. The molecule has 0 unspecified atom stereocenters. The highest BCUT2D eigenvalue weighted by Gasteiger charge is 2.30. The second-order valence-corrected chi connectivity index (χ2v) is 7.85. The van der Waals surface area contributed by atoms with Crippen molar-refractivity contribution in [2.24, 2.45) is 0 Å². The van der Waals surface area contributed by atoms with Crippen LogP contribution in [0.3, 0.4) is 0 Å². The summed E-state index contributed by atoms with van der Waals surface area (Å²) in [6.45, 7) is 3.79. The molecule has 0 amide bonds. The number of aromatic nitrogens is 2. The standard InChI is InChI=1S/C20H28FN3O2/c1-13-11-19-18(12-17(13)21)22-20(25)24(19)15-7-9-23(10-8-15)14-3-5-16(26-2)6-4-14/h11-12,14-16H,3-10H2,1-2H3,(H,22,25)/t14-,16-. The van der Waals surface area contributed by atoms with Crippen LogP contribution in [0.15, 0.2) is 16.9 Å². The van der Waals surface area contributed by atoms with Crippen LogP contribution in [0.1, 0.15) is 50.1 Å². The summed E-state index contributed by atoms with van der Waals surface area (Å²) in [4.78, 5) is 17.9. The molecule has 26 heavy (non-hydrogen) atoms. The van der Waals surface area contributed by atoms with Gasteiger partial charge in [0.1, 0.15) is 5.82 Å². The number of hydrogen-bond acceptors (Lipinski definition) is 3. The van der Waals surface area contributed by atoms with Crippen molar-refractivity contribution in [2.45, 2.75) is 63.6 Å². The first-order valence-electron chi connectivity index (χ1n) is 9.74. The summed E-state index contributed by atoms with van der Waals surface area (Å²) in [5.74, 6) is -0.271. The molecule has 0 radical (unpaired) electrons. The van der Waals surface area contributed by atoms with Crippen molar-refractivity contribution >= 4 is 11.0 Å². The number of nitrogens with one attached hydrogen (secondary N) is 1. The van der Waals surface area contributed by atoms with Crippen LogP contribution < -0.4 is 5.69 Å². The fraction of sp³-hybridized carbons (Fsp3) is 0.650. The lowest BCUT2D eigenvalue weighted by molar-refractivity contribution is 0.0296. The van der Waals surface area contributed by atoms with Gasteiger partial charge in [0.05, 0.1) is 17.1 Å². The second-order valence-electron chi connectivity index (χ2n) is 7.85. The van der Waals surface area contributed by atoms with E-state index in [4.69, 9.17) is 4.74 Å². The number of aromatic amines is 1. The van der Waals surface area contributed by atoms with Crippen molar-refractivity contribution in [3.63, 3.8) is 0 Å². The lowest BCUT2D eigenvalue weighted by atomic mass is 9.90. The van der Waals surface area contributed by atoms with E-state index in [0.29, 0.717) is 23.2 Å². The van der Waals surface area contributed by atoms with Gasteiger partial charge >= 0.3 is 5.69 Å². The van der Waals surface area contributed by atoms with Crippen molar-refractivity contribution in [1.82, 2.24) is 14.5 Å². The molecule has 6 heteroatoms. The minimum atomic E-state index is -0.271. The highest BCUT2D eigenvalue weighted by atomic mass is 19.1. The molecule has 1 aliphatic carbocycles. The first-order valence-corrected chi connectivity index (χ1v) is 9.74. The number of nitrogens with zero attached hydrogens (tertiary/aromatic N) is 2. The molecule has 2 aliphatic rings. The van der Waals surface area contributed by atoms with Crippen molar-refractivity contribution in [2.75, 3.05) is 20.2 Å². The molecule has 1 aromatic heterocycles. The molecule has 1 saturated carbocycles. The first-order chi connectivity index (χ1) is 12.6. The van der Waals surface area contributed by atoms with Gasteiger partial charge in [-0.15, -0.1) is 0 Å². The van der Waals surface area contributed by atoms with Gasteiger partial charge < -0.3 is 14.6 Å². The molecule has 0 atom stereocenters. The highest BCUT2D eigenvalue weighted by Crippen LogP contribution is 2.31. The van der Waals surface area contributed by atoms with Crippen LogP contribution in [-0.2, 0) is 4.74 Å². The Kier molecular flexibility index (Phi) is 4.88. The zero-order valence-electron chi connectivity index (χ0n) is 15.6. The van der Waals surface area contributed by atoms with E-state index in [-0.39, 0.29) is 17.5 Å². The number of piperidine rings is 1. The molecule has 2 aromatic rings. The Labute approximate surface area is 153 Å². The van der Waals surface area contributed by atoms with E-state index in [1.807, 2.05) is 11.7 Å². The largest absolute Gasteiger partial charge is 0.381 e. The van der Waals surface area contributed by atoms with Crippen molar-refractivity contribution < 1.29 is 9.13 Å². The molecule has 1 aliphatic heterocycles. The maximum absolute atomic E-state index is 13.8. The number of aryl methyl sites for hydroxylation is 1. The fourth-order valence-electron chi connectivity index (χ4n) is 4.77. The van der Waals surface area contributed by atoms with E-state index >= 15 is 0 Å². The SMILES string of the molecule is CO[C@H]1CC[C@H](N2CCC(n3c(=O)[nH]c4cc(F)c(C)cc43)CC2)CC1. The number of imidazole rings is 1. The Morgan fingerprint density at radius 2 is 1.77 bits per heavy atom. The van der Waals surface area contributed by atoms with Gasteiger partial charge in [0.15, 0.2) is 0 Å². The topological polar surface area (TPSA) is 50.3 Å². The quantitative estimate of drug-likeness (QED) is 0.912. The van der Waals surface area contributed by atoms with Crippen molar-refractivity contribution in [3.05, 3.63) is 34.0 Å². The maximum Gasteiger partial charge on any atom is 0.326 e. The average Bonchev–Trinajstić information content (AvgIpc) is 2.97. The Bertz CT molecular complexity index is 827. The van der Waals surface area contributed by atoms with Crippen molar-refractivity contribution in [1.29, 1.82) is 0 Å². The number of benzene rings is 1. The van der Waals surface area contributed by atoms with Crippen LogP contribution in [0.2, 0.25) is 0 Å². The summed E-state index contributed by atoms with van der Waals surface area (Å²) in [5, 5.41) is 0. The molecule has 4 rings (SSSR count). The molecule has 0 spiro atoms. The third kappa shape index (κ3) is 3.21. The van der Waals surface area contributed by atoms with Crippen molar-refractivity contribution in [3.8, 4) is 0 Å². The van der Waals surface area contributed by atoms with Crippen LogP contribution in [-0.4, -0.2) is 46.8 Å². The normalized spacial score (nSPS) is 25.8. The molecule has 142 valence electrons. The minimum Gasteiger partial charge on any atom is -0.381 e. The number of ether oxygens (including phenoxy) is 1. The minimum absolute atomic E-state index is 0.121. The number of hydrogen-bond donors (Lipinski definition) is 1. The second kappa shape index (κ2) is 7.16. The predicted molar refractivity (Wildman–Crippen MR) is 100 cm³/mol. The highest BCUT2D eigenvalue weighted by molar-refractivity contribution is 5.76. The molecule has 2 heterocycles. The zero-order valence-corrected chi connectivity index (χ0v) is 15.6. The maximum atomic E-state index is 13.8. The summed E-state index contributed by atoms with van der Waals surface area (Å²) in [6, 6.07) is 4.07. The summed E-state index contributed by atoms with van der Waals surface area (Å²) >= 11 is 0. The summed E-state index contributed by atoms with van der Waals surface area (Å²) in [5.41, 5.74) is 1.88. The van der Waals surface area contributed by atoms with Gasteiger partial charge in [-0.25, -0.2) is 9.18 Å². The molecule has 0 bridgehead atoms. The number of methoxy groups -OCH3 is 1. The molecule has 5 nitrogen and oxygen atoms in total. The van der Waals surface area contributed by atoms with Crippen LogP contribution in [0.5, 0.6) is 0 Å². The van der Waals surface area contributed by atoms with E-state index in [2.05, 4.69) is 9.88 Å². The van der Waals surface area contributed by atoms with Gasteiger partial charge in [0.25, 0.3) is 0 Å². The van der Waals surface area contributed by atoms with Gasteiger partial charge in [0.2, 0.25) is 0 Å². The number of halogens is 1. The van der Waals surface area contributed by atoms with Crippen LogP contribution in [0, 0.1) is 12.7 Å². The molecule has 2 fully saturated rings. The Balaban J connectivity index is 1.47. The molecular weight excluding hydrogens is 333 g/mol. The Morgan fingerprint density at radius 1 is 1.08 bits per heavy atom. The van der Waals surface area contributed by atoms with Gasteiger partial charge in [-0.1, -0.05) is 0 Å². The van der Waals surface area contributed by atoms with Crippen LogP contribution in [0.25, 0.3) is 11.0 Å². The Hall–Kier alpha value is -1.66. The van der Waals surface area contributed by atoms with Gasteiger partial charge in [-0.05, 0) is 63.1 Å². The zero-order chi connectivity index (χ0) is 18.3. The number of likely N-dealkylation sites (tertiary alicyclic amines) is 1. The van der Waals surface area contributed by atoms with E-state index in [1.165, 1.54) is 18.9 Å². The molecule has 1 N–H and O–H groups in total. The predicted octanol–water partition coefficient (Wildman–Crippen LogP) is 3.37. The monoisotopic (exact) mass is 361 g/mol. The van der Waals surface area contributed by atoms with E-state index in [9.17, 15) is 9.18 Å². The van der Waals surface area contributed by atoms with E-state index in [0.717, 1.165) is 44.3 Å². The number of rotatable bonds is 3. The lowest BCUT2D eigenvalue weighted by Crippen LogP contribution is -2.45. The summed E-state index contributed by atoms with van der Waals surface area (Å²) < 4.78 is 21.1. The lowest BCUT2D eigenvalue weighted by Gasteiger charge is -2.40. The third-order valence-corrected chi connectivity index (χ3v) is 6.35. The van der Waals surface area contributed by atoms with Gasteiger partial charge in [0, 0.05) is 32.3 Å². The summed E-state index contributed by atoms with van der Waals surface area (Å²) in [7, 11) is 1.81. The Morgan fingerprint density at radius 3 is 2.42 bits per heavy atom. The van der Waals surface area contributed by atoms with Gasteiger partial charge in [-0.2, -0.15) is 0 Å². The van der Waals surface area contributed by atoms with Crippen LogP contribution in [0.4, 0.5) is 4.39 Å². The summed E-state index contributed by atoms with van der Waals surface area (Å²) in [6.07, 6.45) is 7.06.